The summed E-state index contributed by atoms with van der Waals surface area (Å²) in [6.45, 7) is 0.368. The van der Waals surface area contributed by atoms with Crippen molar-refractivity contribution in [2.45, 2.75) is 12.7 Å². The number of carbonyl (C=O) groups is 1. The summed E-state index contributed by atoms with van der Waals surface area (Å²) >= 11 is 0. The van der Waals surface area contributed by atoms with Gasteiger partial charge in [0.25, 0.3) is 0 Å². The van der Waals surface area contributed by atoms with E-state index in [-0.39, 0.29) is 5.56 Å². The lowest BCUT2D eigenvalue weighted by Gasteiger charge is -2.13. The van der Waals surface area contributed by atoms with Crippen molar-refractivity contribution >= 4 is 28.0 Å². The number of methoxy groups -OCH3 is 1. The molecule has 0 fully saturated rings. The Hall–Kier alpha value is -4.34. The standard InChI is InChI=1S/C24H16F3N5O2/c1-34-23(33)17-6-5-16(12-18(17)24(25,26)27)20-8-9-21-22(29-20)32(31-30-21)13-14-4-7-19-15(11-14)3-2-10-28-19/h2-12H,13H2,1H3. The van der Waals surface area contributed by atoms with Gasteiger partial charge in [-0.05, 0) is 48.0 Å². The molecule has 0 saturated carbocycles. The number of pyridine rings is 2. The maximum absolute atomic E-state index is 13.6. The third-order valence-corrected chi connectivity index (χ3v) is 5.39. The first-order valence-electron chi connectivity index (χ1n) is 10.2. The average Bonchev–Trinajstić information content (AvgIpc) is 3.24. The van der Waals surface area contributed by atoms with Crippen LogP contribution >= 0.6 is 0 Å². The lowest BCUT2D eigenvalue weighted by atomic mass is 10.0. The van der Waals surface area contributed by atoms with E-state index >= 15 is 0 Å². The minimum Gasteiger partial charge on any atom is -0.465 e. The number of alkyl halides is 3. The van der Waals surface area contributed by atoms with Crippen molar-refractivity contribution in [3.05, 3.63) is 83.6 Å². The van der Waals surface area contributed by atoms with Gasteiger partial charge in [-0.15, -0.1) is 5.10 Å². The molecule has 0 saturated heterocycles. The molecule has 0 bridgehead atoms. The number of nitrogens with zero attached hydrogens (tertiary/aromatic N) is 5. The molecule has 7 nitrogen and oxygen atoms in total. The first-order valence-corrected chi connectivity index (χ1v) is 10.2. The van der Waals surface area contributed by atoms with Crippen LogP contribution in [0.25, 0.3) is 33.3 Å². The van der Waals surface area contributed by atoms with Crippen LogP contribution in [0.2, 0.25) is 0 Å². The fourth-order valence-electron chi connectivity index (χ4n) is 3.74. The predicted molar refractivity (Wildman–Crippen MR) is 118 cm³/mol. The maximum atomic E-state index is 13.6. The average molecular weight is 463 g/mol. The van der Waals surface area contributed by atoms with Gasteiger partial charge in [0.2, 0.25) is 0 Å². The van der Waals surface area contributed by atoms with Gasteiger partial charge in [-0.2, -0.15) is 13.2 Å². The quantitative estimate of drug-likeness (QED) is 0.353. The zero-order valence-electron chi connectivity index (χ0n) is 17.7. The second kappa shape index (κ2) is 8.22. The minimum absolute atomic E-state index is 0.200. The van der Waals surface area contributed by atoms with Gasteiger partial charge in [0, 0.05) is 17.1 Å². The number of hydrogen-bond donors (Lipinski definition) is 0. The highest BCUT2D eigenvalue weighted by Gasteiger charge is 2.36. The number of benzene rings is 2. The Labute approximate surface area is 190 Å². The number of esters is 1. The second-order valence-corrected chi connectivity index (χ2v) is 7.57. The predicted octanol–water partition coefficient (Wildman–Crippen LogP) is 4.90. The van der Waals surface area contributed by atoms with Crippen LogP contribution in [0, 0.1) is 0 Å². The Kier molecular flexibility index (Phi) is 5.20. The van der Waals surface area contributed by atoms with Crippen LogP contribution < -0.4 is 0 Å². The molecule has 5 rings (SSSR count). The number of hydrogen-bond acceptors (Lipinski definition) is 6. The van der Waals surface area contributed by atoms with Crippen LogP contribution in [0.4, 0.5) is 13.2 Å². The number of aromatic nitrogens is 5. The summed E-state index contributed by atoms with van der Waals surface area (Å²) in [5.41, 5.74) is 1.59. The fraction of sp³-hybridized carbons (Fsp3) is 0.125. The molecule has 5 aromatic rings. The first-order chi connectivity index (χ1) is 16.3. The van der Waals surface area contributed by atoms with E-state index in [4.69, 9.17) is 0 Å². The summed E-state index contributed by atoms with van der Waals surface area (Å²) in [4.78, 5) is 20.6. The molecule has 34 heavy (non-hydrogen) atoms. The van der Waals surface area contributed by atoms with E-state index in [1.807, 2.05) is 30.3 Å². The van der Waals surface area contributed by atoms with Gasteiger partial charge in [-0.3, -0.25) is 4.98 Å². The Balaban J connectivity index is 1.54. The number of halogens is 3. The minimum atomic E-state index is -4.74. The zero-order valence-corrected chi connectivity index (χ0v) is 17.7. The van der Waals surface area contributed by atoms with E-state index in [1.165, 1.54) is 6.07 Å². The van der Waals surface area contributed by atoms with Crippen molar-refractivity contribution in [1.29, 1.82) is 0 Å². The summed E-state index contributed by atoms with van der Waals surface area (Å²) < 4.78 is 46.9. The van der Waals surface area contributed by atoms with Gasteiger partial charge >= 0.3 is 12.1 Å². The Morgan fingerprint density at radius 2 is 1.85 bits per heavy atom. The molecule has 0 N–H and O–H groups in total. The van der Waals surface area contributed by atoms with Gasteiger partial charge in [0.1, 0.15) is 5.52 Å². The van der Waals surface area contributed by atoms with Crippen molar-refractivity contribution < 1.29 is 22.7 Å². The number of ether oxygens (including phenoxy) is 1. The maximum Gasteiger partial charge on any atom is 0.417 e. The molecule has 0 amide bonds. The summed E-state index contributed by atoms with van der Waals surface area (Å²) in [5.74, 6) is -1.06. The van der Waals surface area contributed by atoms with Crippen molar-refractivity contribution in [3.63, 3.8) is 0 Å². The highest BCUT2D eigenvalue weighted by Crippen LogP contribution is 2.35. The van der Waals surface area contributed by atoms with Crippen LogP contribution in [0.3, 0.4) is 0 Å². The molecule has 0 aliphatic heterocycles. The smallest absolute Gasteiger partial charge is 0.417 e. The molecular weight excluding hydrogens is 447 g/mol. The zero-order chi connectivity index (χ0) is 23.9. The van der Waals surface area contributed by atoms with Gasteiger partial charge in [-0.1, -0.05) is 23.4 Å². The fourth-order valence-corrected chi connectivity index (χ4v) is 3.74. The SMILES string of the molecule is COC(=O)c1ccc(-c2ccc3nnn(Cc4ccc5ncccc5c4)c3n2)cc1C(F)(F)F. The van der Waals surface area contributed by atoms with Crippen LogP contribution in [-0.2, 0) is 17.5 Å². The largest absolute Gasteiger partial charge is 0.465 e. The summed E-state index contributed by atoms with van der Waals surface area (Å²) in [6.07, 6.45) is -3.02. The summed E-state index contributed by atoms with van der Waals surface area (Å²) in [5, 5.41) is 9.25. The van der Waals surface area contributed by atoms with Gasteiger partial charge in [0.15, 0.2) is 5.65 Å². The van der Waals surface area contributed by atoms with Crippen LogP contribution in [0.15, 0.2) is 66.9 Å². The monoisotopic (exact) mass is 463 g/mol. The Bertz CT molecular complexity index is 1550. The summed E-state index contributed by atoms with van der Waals surface area (Å²) in [6, 6.07) is 16.2. The topological polar surface area (TPSA) is 82.8 Å². The van der Waals surface area contributed by atoms with Crippen LogP contribution in [0.1, 0.15) is 21.5 Å². The lowest BCUT2D eigenvalue weighted by molar-refractivity contribution is -0.138. The van der Waals surface area contributed by atoms with E-state index in [9.17, 15) is 18.0 Å². The molecule has 0 unspecified atom stereocenters. The molecule has 0 aliphatic carbocycles. The molecule has 10 heteroatoms. The normalized spacial score (nSPS) is 11.8. The van der Waals surface area contributed by atoms with E-state index in [2.05, 4.69) is 25.0 Å². The number of fused-ring (bicyclic) bond motifs is 2. The van der Waals surface area contributed by atoms with Crippen LogP contribution in [-0.4, -0.2) is 38.0 Å². The van der Waals surface area contributed by atoms with Crippen LogP contribution in [0.5, 0.6) is 0 Å². The highest BCUT2D eigenvalue weighted by molar-refractivity contribution is 5.92. The van der Waals surface area contributed by atoms with E-state index < -0.39 is 23.3 Å². The number of rotatable bonds is 4. The molecule has 0 spiro atoms. The Morgan fingerprint density at radius 3 is 2.65 bits per heavy atom. The third-order valence-electron chi connectivity index (χ3n) is 5.39. The highest BCUT2D eigenvalue weighted by atomic mass is 19.4. The van der Waals surface area contributed by atoms with E-state index in [0.29, 0.717) is 23.4 Å². The number of carbonyl (C=O) groups excluding carboxylic acids is 1. The third kappa shape index (κ3) is 3.94. The molecule has 170 valence electrons. The molecular formula is C24H16F3N5O2. The van der Waals surface area contributed by atoms with Crippen molar-refractivity contribution in [2.75, 3.05) is 7.11 Å². The first kappa shape index (κ1) is 21.5. The van der Waals surface area contributed by atoms with Gasteiger partial charge in [-0.25, -0.2) is 14.5 Å². The van der Waals surface area contributed by atoms with E-state index in [1.54, 1.807) is 23.0 Å². The van der Waals surface area contributed by atoms with E-state index in [0.717, 1.165) is 35.7 Å². The van der Waals surface area contributed by atoms with Gasteiger partial charge < -0.3 is 4.74 Å². The molecule has 0 radical (unpaired) electrons. The second-order valence-electron chi connectivity index (χ2n) is 7.57. The van der Waals surface area contributed by atoms with Crippen molar-refractivity contribution in [2.24, 2.45) is 0 Å². The molecule has 2 aromatic carbocycles. The Morgan fingerprint density at radius 1 is 1.03 bits per heavy atom. The molecule has 0 aliphatic rings. The van der Waals surface area contributed by atoms with Crippen molar-refractivity contribution in [3.8, 4) is 11.3 Å². The van der Waals surface area contributed by atoms with Crippen molar-refractivity contribution in [1.82, 2.24) is 25.0 Å². The van der Waals surface area contributed by atoms with Gasteiger partial charge in [0.05, 0.1) is 36.0 Å². The molecule has 3 heterocycles. The molecule has 3 aromatic heterocycles. The lowest BCUT2D eigenvalue weighted by Crippen LogP contribution is -2.14. The summed E-state index contributed by atoms with van der Waals surface area (Å²) in [7, 11) is 1.03. The molecule has 0 atom stereocenters.